The Hall–Kier alpha value is -2.49. The molecule has 1 aliphatic carbocycles. The minimum absolute atomic E-state index is 0. The monoisotopic (exact) mass is 524 g/mol. The van der Waals surface area contributed by atoms with E-state index in [-0.39, 0.29) is 36.5 Å². The number of benzene rings is 1. The normalized spacial score (nSPS) is 16.7. The smallest absolute Gasteiger partial charge is 0.325 e. The van der Waals surface area contributed by atoms with Gasteiger partial charge in [-0.25, -0.2) is 14.6 Å². The molecule has 2 fully saturated rings. The average Bonchev–Trinajstić information content (AvgIpc) is 3.45. The molecule has 0 bridgehead atoms. The second-order valence-electron chi connectivity index (χ2n) is 9.19. The highest BCUT2D eigenvalue weighted by atomic mass is 35.5. The van der Waals surface area contributed by atoms with Crippen molar-refractivity contribution in [3.63, 3.8) is 0 Å². The minimum atomic E-state index is -0.266. The number of nitrogens with zero attached hydrogens (tertiary/aromatic N) is 3. The van der Waals surface area contributed by atoms with Gasteiger partial charge in [0.1, 0.15) is 5.75 Å². The van der Waals surface area contributed by atoms with Gasteiger partial charge in [-0.3, -0.25) is 9.88 Å². The first kappa shape index (κ1) is 27.1. The summed E-state index contributed by atoms with van der Waals surface area (Å²) < 4.78 is 5.86. The molecule has 1 saturated heterocycles. The number of amides is 2. The molecule has 3 N–H and O–H groups in total. The number of aromatic nitrogens is 3. The summed E-state index contributed by atoms with van der Waals surface area (Å²) in [6, 6.07) is 7.57. The Bertz CT molecular complexity index is 1170. The molecule has 1 saturated carbocycles. The number of hydrogen-bond acceptors (Lipinski definition) is 5. The third kappa shape index (κ3) is 6.80. The molecule has 11 heteroatoms. The summed E-state index contributed by atoms with van der Waals surface area (Å²) in [6.07, 6.45) is 6.24. The Morgan fingerprint density at radius 2 is 1.86 bits per heavy atom. The lowest BCUT2D eigenvalue weighted by atomic mass is 10.1. The van der Waals surface area contributed by atoms with Crippen LogP contribution in [0.1, 0.15) is 32.1 Å². The third-order valence-electron chi connectivity index (χ3n) is 6.78. The van der Waals surface area contributed by atoms with E-state index in [1.807, 2.05) is 29.2 Å². The highest BCUT2D eigenvalue weighted by molar-refractivity contribution is 5.90. The van der Waals surface area contributed by atoms with Crippen LogP contribution in [0.4, 0.5) is 4.79 Å². The van der Waals surface area contributed by atoms with Gasteiger partial charge in [-0.2, -0.15) is 0 Å². The molecule has 0 radical (unpaired) electrons. The fourth-order valence-corrected chi connectivity index (χ4v) is 4.96. The van der Waals surface area contributed by atoms with Gasteiger partial charge < -0.3 is 19.9 Å². The number of fused-ring (bicyclic) bond motifs is 2. The van der Waals surface area contributed by atoms with Gasteiger partial charge >= 0.3 is 11.7 Å². The molecule has 0 spiro atoms. The van der Waals surface area contributed by atoms with E-state index in [1.54, 1.807) is 0 Å². The van der Waals surface area contributed by atoms with Crippen LogP contribution >= 0.6 is 24.8 Å². The molecule has 1 aromatic carbocycles. The van der Waals surface area contributed by atoms with Crippen molar-refractivity contribution in [2.75, 3.05) is 45.9 Å². The zero-order valence-electron chi connectivity index (χ0n) is 19.8. The standard InChI is InChI=1S/C24H32N6O3.2ClH/c31-23-27-21-15-18-14-19(6-7-20(18)26-22(21)28-23)33-13-3-8-25-24(32)30-11-9-29(10-12-30)16-17-4-1-2-5-17;;/h6-7,14-15,17H,1-5,8-13,16H2,(H,25,32)(H2,26,27,28,31);2*1H. The number of hydrogen-bond donors (Lipinski definition) is 3. The zero-order chi connectivity index (χ0) is 22.6. The highest BCUT2D eigenvalue weighted by Gasteiger charge is 2.24. The topological polar surface area (TPSA) is 106 Å². The Balaban J connectivity index is 0.00000171. The predicted molar refractivity (Wildman–Crippen MR) is 142 cm³/mol. The third-order valence-corrected chi connectivity index (χ3v) is 6.78. The molecule has 2 amide bonds. The van der Waals surface area contributed by atoms with Gasteiger partial charge in [-0.1, -0.05) is 12.8 Å². The SMILES string of the molecule is Cl.Cl.O=C(NCCCOc1ccc2nc3[nH]c(=O)[nH]c3cc2c1)N1CCN(CC2CCCC2)CC1. The second kappa shape index (κ2) is 12.5. The van der Waals surface area contributed by atoms with Crippen molar-refractivity contribution >= 4 is 52.9 Å². The molecule has 0 atom stereocenters. The van der Waals surface area contributed by atoms with E-state index in [1.165, 1.54) is 32.2 Å². The molecule has 5 rings (SSSR count). The van der Waals surface area contributed by atoms with E-state index in [2.05, 4.69) is 25.2 Å². The number of imidazole rings is 1. The van der Waals surface area contributed by atoms with Crippen LogP contribution in [0.3, 0.4) is 0 Å². The summed E-state index contributed by atoms with van der Waals surface area (Å²) in [7, 11) is 0. The lowest BCUT2D eigenvalue weighted by molar-refractivity contribution is 0.127. The van der Waals surface area contributed by atoms with Crippen LogP contribution in [0.2, 0.25) is 0 Å². The van der Waals surface area contributed by atoms with Crippen LogP contribution in [0.15, 0.2) is 29.1 Å². The van der Waals surface area contributed by atoms with Crippen molar-refractivity contribution in [2.24, 2.45) is 5.92 Å². The first-order chi connectivity index (χ1) is 16.1. The van der Waals surface area contributed by atoms with Gasteiger partial charge in [0.25, 0.3) is 0 Å². The minimum Gasteiger partial charge on any atom is -0.494 e. The van der Waals surface area contributed by atoms with Crippen LogP contribution in [0, 0.1) is 5.92 Å². The first-order valence-electron chi connectivity index (χ1n) is 12.0. The molecule has 3 aromatic rings. The Morgan fingerprint density at radius 3 is 2.63 bits per heavy atom. The Kier molecular flexibility index (Phi) is 9.65. The number of halogens is 2. The van der Waals surface area contributed by atoms with E-state index < -0.39 is 0 Å². The average molecular weight is 525 g/mol. The summed E-state index contributed by atoms with van der Waals surface area (Å²) in [5.74, 6) is 1.61. The van der Waals surface area contributed by atoms with E-state index in [9.17, 15) is 9.59 Å². The molecule has 192 valence electrons. The van der Waals surface area contributed by atoms with Crippen LogP contribution in [-0.4, -0.2) is 76.7 Å². The number of aromatic amines is 2. The molecule has 0 unspecified atom stereocenters. The fraction of sp³-hybridized carbons (Fsp3) is 0.542. The summed E-state index contributed by atoms with van der Waals surface area (Å²) in [5, 5.41) is 3.92. The molecular formula is C24H34Cl2N6O3. The second-order valence-corrected chi connectivity index (χ2v) is 9.19. The molecule has 2 aromatic heterocycles. The predicted octanol–water partition coefficient (Wildman–Crippen LogP) is 3.53. The van der Waals surface area contributed by atoms with Gasteiger partial charge in [0, 0.05) is 44.7 Å². The number of nitrogens with one attached hydrogen (secondary N) is 3. The molecule has 2 aliphatic rings. The fourth-order valence-electron chi connectivity index (χ4n) is 4.96. The maximum atomic E-state index is 12.5. The molecular weight excluding hydrogens is 491 g/mol. The number of urea groups is 1. The van der Waals surface area contributed by atoms with Crippen molar-refractivity contribution in [3.05, 3.63) is 34.7 Å². The van der Waals surface area contributed by atoms with Gasteiger partial charge in [0.2, 0.25) is 0 Å². The molecule has 35 heavy (non-hydrogen) atoms. The quantitative estimate of drug-likeness (QED) is 0.410. The van der Waals surface area contributed by atoms with Crippen molar-refractivity contribution in [3.8, 4) is 5.75 Å². The Morgan fingerprint density at radius 1 is 1.09 bits per heavy atom. The number of ether oxygens (including phenoxy) is 1. The van der Waals surface area contributed by atoms with Crippen LogP contribution in [0.25, 0.3) is 22.1 Å². The van der Waals surface area contributed by atoms with E-state index >= 15 is 0 Å². The number of H-pyrrole nitrogens is 2. The van der Waals surface area contributed by atoms with E-state index in [4.69, 9.17) is 4.74 Å². The van der Waals surface area contributed by atoms with Gasteiger partial charge in [-0.15, -0.1) is 24.8 Å². The number of rotatable bonds is 7. The van der Waals surface area contributed by atoms with E-state index in [0.29, 0.717) is 24.3 Å². The van der Waals surface area contributed by atoms with Crippen LogP contribution < -0.4 is 15.7 Å². The van der Waals surface area contributed by atoms with Crippen LogP contribution in [-0.2, 0) is 0 Å². The van der Waals surface area contributed by atoms with Gasteiger partial charge in [0.05, 0.1) is 17.6 Å². The molecule has 1 aliphatic heterocycles. The summed E-state index contributed by atoms with van der Waals surface area (Å²) in [4.78, 5) is 38.2. The maximum Gasteiger partial charge on any atom is 0.325 e. The highest BCUT2D eigenvalue weighted by Crippen LogP contribution is 2.26. The molecule has 3 heterocycles. The zero-order valence-corrected chi connectivity index (χ0v) is 21.4. The summed E-state index contributed by atoms with van der Waals surface area (Å²) in [6.45, 7) is 5.87. The number of pyridine rings is 1. The summed E-state index contributed by atoms with van der Waals surface area (Å²) in [5.41, 5.74) is 1.75. The van der Waals surface area contributed by atoms with Crippen molar-refractivity contribution < 1.29 is 9.53 Å². The van der Waals surface area contributed by atoms with Crippen molar-refractivity contribution in [1.29, 1.82) is 0 Å². The number of piperazine rings is 1. The first-order valence-corrected chi connectivity index (χ1v) is 12.0. The molecule has 9 nitrogen and oxygen atoms in total. The number of carbonyl (C=O) groups excluding carboxylic acids is 1. The van der Waals surface area contributed by atoms with Gasteiger partial charge in [0.15, 0.2) is 5.65 Å². The lowest BCUT2D eigenvalue weighted by Gasteiger charge is -2.35. The Labute approximate surface area is 216 Å². The maximum absolute atomic E-state index is 12.5. The summed E-state index contributed by atoms with van der Waals surface area (Å²) >= 11 is 0. The largest absolute Gasteiger partial charge is 0.494 e. The van der Waals surface area contributed by atoms with Crippen molar-refractivity contribution in [1.82, 2.24) is 30.1 Å². The van der Waals surface area contributed by atoms with E-state index in [0.717, 1.165) is 55.2 Å². The van der Waals surface area contributed by atoms with Crippen molar-refractivity contribution in [2.45, 2.75) is 32.1 Å². The number of carbonyl (C=O) groups is 1. The van der Waals surface area contributed by atoms with Crippen LogP contribution in [0.5, 0.6) is 5.75 Å². The van der Waals surface area contributed by atoms with Gasteiger partial charge in [-0.05, 0) is 49.4 Å². The lowest BCUT2D eigenvalue weighted by Crippen LogP contribution is -2.52.